The number of para-hydroxylation sites is 2. The topological polar surface area (TPSA) is 186 Å². The highest BCUT2D eigenvalue weighted by molar-refractivity contribution is 5.90. The molecule has 27 atom stereocenters. The number of benzene rings is 2. The first-order chi connectivity index (χ1) is 44.0. The Bertz CT molecular complexity index is 3180. The molecule has 0 spiro atoms. The molecule has 2 aliphatic heterocycles. The molecule has 518 valence electrons. The average molecular weight is 1290 g/mol. The van der Waals surface area contributed by atoms with Crippen LogP contribution in [0.2, 0.25) is 0 Å². The zero-order valence-electron chi connectivity index (χ0n) is 58.3. The Morgan fingerprint density at radius 2 is 0.777 bits per heavy atom. The fourth-order valence-electron chi connectivity index (χ4n) is 25.4. The van der Waals surface area contributed by atoms with Crippen LogP contribution < -0.4 is 27.0 Å². The molecule has 13 heteroatoms. The van der Waals surface area contributed by atoms with Crippen molar-refractivity contribution < 1.29 is 38.7 Å². The van der Waals surface area contributed by atoms with Gasteiger partial charge in [0.25, 0.3) is 0 Å². The van der Waals surface area contributed by atoms with Gasteiger partial charge in [-0.2, -0.15) is 0 Å². The Labute approximate surface area is 564 Å². The number of nitrogens with two attached hydrogens (primary N) is 1. The molecule has 4 amide bonds. The smallest absolute Gasteiger partial charge is 0.319 e. The molecule has 2 aromatic carbocycles. The zero-order valence-corrected chi connectivity index (χ0v) is 58.3. The van der Waals surface area contributed by atoms with Gasteiger partial charge in [0.05, 0.1) is 36.6 Å². The summed E-state index contributed by atoms with van der Waals surface area (Å²) >= 11 is 0. The molecule has 8 N–H and O–H groups in total. The van der Waals surface area contributed by atoms with Crippen LogP contribution in [0.1, 0.15) is 212 Å². The van der Waals surface area contributed by atoms with Crippen LogP contribution in [0.3, 0.4) is 0 Å². The second-order valence-electron chi connectivity index (χ2n) is 35.5. The Balaban J connectivity index is 0.000000129. The number of carbonyl (C=O) groups is 2. The SMILES string of the molecule is C.C=C1CCC2C3C(CC[C@]12C)[C@@]1(C)CC[C@@H](N)CC1[C@H]1OC(C)(C)O[C@H]31.C=C1CCC2C3C(CC[C@]12C)[C@@]1(C)CC[C@@H](NC(=O)Nc2ccccc2)CC1[C@@H](O)[C@@H]3O.C=C1CCC2C3C(CC[C@]12C)[C@@]1(C)CC[C@@H](NC(=O)Nc2ccccc2)CC1[C@H]1OC(C)(C)O[C@H]31. The van der Waals surface area contributed by atoms with E-state index in [4.69, 9.17) is 24.7 Å². The number of aliphatic hydroxyl groups is 2. The third kappa shape index (κ3) is 11.3. The van der Waals surface area contributed by atoms with Crippen LogP contribution in [0.15, 0.2) is 97.1 Å². The Morgan fingerprint density at radius 1 is 0.426 bits per heavy atom. The summed E-state index contributed by atoms with van der Waals surface area (Å²) in [5.41, 5.74) is 13.6. The van der Waals surface area contributed by atoms with Gasteiger partial charge in [-0.1, -0.05) is 122 Å². The van der Waals surface area contributed by atoms with E-state index in [0.29, 0.717) is 70.1 Å². The second kappa shape index (κ2) is 24.7. The number of carbonyl (C=O) groups excluding carboxylic acids is 2. The Kier molecular flexibility index (Phi) is 18.0. The molecular weight excluding hydrogens is 1170 g/mol. The maximum atomic E-state index is 12.8. The number of allylic oxidation sites excluding steroid dienone is 3. The molecule has 14 fully saturated rings. The van der Waals surface area contributed by atoms with E-state index < -0.39 is 23.8 Å². The van der Waals surface area contributed by atoms with Gasteiger partial charge in [0.15, 0.2) is 11.6 Å². The van der Waals surface area contributed by atoms with Gasteiger partial charge < -0.3 is 56.2 Å². The maximum absolute atomic E-state index is 12.8. The molecule has 94 heavy (non-hydrogen) atoms. The molecule has 13 nitrogen and oxygen atoms in total. The minimum Gasteiger partial charge on any atom is -0.390 e. The highest BCUT2D eigenvalue weighted by Gasteiger charge is 2.71. The third-order valence-corrected chi connectivity index (χ3v) is 30.5. The van der Waals surface area contributed by atoms with Gasteiger partial charge in [0, 0.05) is 29.5 Å². The molecule has 0 radical (unpaired) electrons. The minimum atomic E-state index is -0.737. The van der Waals surface area contributed by atoms with Crippen LogP contribution in [0.4, 0.5) is 21.0 Å². The van der Waals surface area contributed by atoms with Crippen LogP contribution in [0.25, 0.3) is 0 Å². The number of aliphatic hydroxyl groups excluding tert-OH is 2. The molecule has 2 saturated heterocycles. The van der Waals surface area contributed by atoms with Gasteiger partial charge in [-0.3, -0.25) is 0 Å². The molecule has 16 rings (SSSR count). The first-order valence-electron chi connectivity index (χ1n) is 37.1. The largest absolute Gasteiger partial charge is 0.390 e. The summed E-state index contributed by atoms with van der Waals surface area (Å²) in [6, 6.07) is 19.3. The zero-order chi connectivity index (χ0) is 65.7. The lowest BCUT2D eigenvalue weighted by atomic mass is 9.43. The summed E-state index contributed by atoms with van der Waals surface area (Å²) in [5, 5.41) is 35.0. The number of hydrogen-bond donors (Lipinski definition) is 7. The van der Waals surface area contributed by atoms with E-state index in [9.17, 15) is 19.8 Å². The fourth-order valence-corrected chi connectivity index (χ4v) is 25.4. The van der Waals surface area contributed by atoms with Gasteiger partial charge in [0.1, 0.15) is 0 Å². The number of rotatable bonds is 4. The van der Waals surface area contributed by atoms with Crippen LogP contribution in [0, 0.1) is 104 Å². The first kappa shape index (κ1) is 68.4. The summed E-state index contributed by atoms with van der Waals surface area (Å²) in [4.78, 5) is 25.3. The molecule has 12 unspecified atom stereocenters. The van der Waals surface area contributed by atoms with E-state index in [1.807, 2.05) is 60.7 Å². The summed E-state index contributed by atoms with van der Waals surface area (Å²) in [7, 11) is 0. The molecule has 0 bridgehead atoms. The van der Waals surface area contributed by atoms with Crippen molar-refractivity contribution in [3.05, 3.63) is 97.1 Å². The number of urea groups is 2. The van der Waals surface area contributed by atoms with Crippen molar-refractivity contribution in [2.45, 2.75) is 278 Å². The van der Waals surface area contributed by atoms with E-state index in [0.717, 1.165) is 94.3 Å². The summed E-state index contributed by atoms with van der Waals surface area (Å²) < 4.78 is 26.7. The quantitative estimate of drug-likeness (QED) is 0.146. The van der Waals surface area contributed by atoms with Gasteiger partial charge in [-0.15, -0.1) is 0 Å². The van der Waals surface area contributed by atoms with Crippen LogP contribution in [-0.2, 0) is 18.9 Å². The lowest BCUT2D eigenvalue weighted by Crippen LogP contribution is -2.64. The van der Waals surface area contributed by atoms with Crippen LogP contribution in [0.5, 0.6) is 0 Å². The summed E-state index contributed by atoms with van der Waals surface area (Å²) in [6.45, 7) is 36.5. The average Bonchev–Trinajstić information content (AvgIpc) is 1.37. The lowest BCUT2D eigenvalue weighted by Gasteiger charge is -2.63. The monoisotopic (exact) mass is 1290 g/mol. The van der Waals surface area contributed by atoms with Crippen molar-refractivity contribution in [2.75, 3.05) is 10.6 Å². The van der Waals surface area contributed by atoms with Gasteiger partial charge >= 0.3 is 12.1 Å². The number of hydrogen-bond acceptors (Lipinski definition) is 9. The number of fused-ring (bicyclic) bond motifs is 21. The molecule has 12 saturated carbocycles. The standard InChI is InChI=1S/C30H42N2O3.C27H38N2O3.C23H37NO2.CH4/c1-18-11-12-21-24-22(14-16-29(18,21)4)30(5)15-13-20(32-27(33)31-19-9-7-6-8-10-19)17-23(30)25-26(24)35-28(2,3)34-25;1-16-9-10-19-22-20(12-14-26(16,19)2)27(3)13-11-18(15-21(27)23(30)24(22)31)29-25(32)28-17-7-5-4-6-8-17;1-13-6-7-15-18-16(9-11-22(13,15)4)23(5)10-8-14(24)12-17(23)19-20(18)26-21(2,3)25-19;/h6-10,20-26H,1,11-17H2,2-5H3,(H2,31,32,33);4-8,18-24,30-31H,1,9-15H2,2-3H3,(H2,28,29,32);14-20H,1,6-12,24H2,2-5H3;1H4/t20-,21?,22?,23?,24?,25-,26-,29-,30-;18-,19?,20?,21?,22?,23-,24-,26-,27-;14-,15?,16?,17?,18?,19-,20-,22-,23-;/m111./s1. The highest BCUT2D eigenvalue weighted by atomic mass is 16.8. The molecule has 0 aromatic heterocycles. The van der Waals surface area contributed by atoms with Gasteiger partial charge in [0.2, 0.25) is 0 Å². The normalized spacial score (nSPS) is 48.4. The third-order valence-electron chi connectivity index (χ3n) is 30.5. The summed E-state index contributed by atoms with van der Waals surface area (Å²) in [5.74, 6) is 4.83. The van der Waals surface area contributed by atoms with Crippen molar-refractivity contribution >= 4 is 23.4 Å². The van der Waals surface area contributed by atoms with E-state index in [1.165, 1.54) is 74.5 Å². The van der Waals surface area contributed by atoms with Crippen molar-refractivity contribution in [3.63, 3.8) is 0 Å². The van der Waals surface area contributed by atoms with E-state index >= 15 is 0 Å². The summed E-state index contributed by atoms with van der Waals surface area (Å²) in [6.07, 6.45) is 23.0. The van der Waals surface area contributed by atoms with Crippen LogP contribution in [-0.4, -0.2) is 88.6 Å². The molecule has 12 aliphatic carbocycles. The van der Waals surface area contributed by atoms with E-state index in [-0.39, 0.29) is 89.5 Å². The number of ether oxygens (including phenoxy) is 4. The van der Waals surface area contributed by atoms with Gasteiger partial charge in [-0.25, -0.2) is 9.59 Å². The molecular formula is C81H121N5O8. The lowest BCUT2D eigenvalue weighted by molar-refractivity contribution is -0.211. The second-order valence-corrected chi connectivity index (χ2v) is 35.5. The van der Waals surface area contributed by atoms with Crippen molar-refractivity contribution in [1.82, 2.24) is 10.6 Å². The van der Waals surface area contributed by atoms with Gasteiger partial charge in [-0.05, 0) is 290 Å². The molecule has 2 aromatic rings. The van der Waals surface area contributed by atoms with Crippen molar-refractivity contribution in [1.29, 1.82) is 0 Å². The van der Waals surface area contributed by atoms with Crippen LogP contribution >= 0.6 is 0 Å². The minimum absolute atomic E-state index is 0. The Morgan fingerprint density at radius 3 is 1.20 bits per heavy atom. The highest BCUT2D eigenvalue weighted by Crippen LogP contribution is 2.72. The number of anilines is 2. The Hall–Kier alpha value is -4.08. The fraction of sp³-hybridized carbons (Fsp3) is 0.753. The first-order valence-corrected chi connectivity index (χ1v) is 37.1. The predicted molar refractivity (Wildman–Crippen MR) is 374 cm³/mol. The van der Waals surface area contributed by atoms with E-state index in [1.54, 1.807) is 0 Å². The van der Waals surface area contributed by atoms with Crippen molar-refractivity contribution in [3.8, 4) is 0 Å². The molecule has 14 aliphatic rings. The number of nitrogens with one attached hydrogen (secondary N) is 4. The predicted octanol–water partition coefficient (Wildman–Crippen LogP) is 16.5. The molecule has 2 heterocycles. The van der Waals surface area contributed by atoms with E-state index in [2.05, 4.69) is 110 Å². The maximum Gasteiger partial charge on any atom is 0.319 e. The number of amides is 4. The van der Waals surface area contributed by atoms with Crippen molar-refractivity contribution in [2.24, 2.45) is 109 Å².